The van der Waals surface area contributed by atoms with Crippen molar-refractivity contribution in [2.45, 2.75) is 58.4 Å². The van der Waals surface area contributed by atoms with Gasteiger partial charge in [-0.25, -0.2) is 4.98 Å². The van der Waals surface area contributed by atoms with E-state index in [4.69, 9.17) is 0 Å². The summed E-state index contributed by atoms with van der Waals surface area (Å²) in [7, 11) is 0. The Morgan fingerprint density at radius 3 is 2.57 bits per heavy atom. The van der Waals surface area contributed by atoms with Crippen LogP contribution in [0.4, 0.5) is 0 Å². The topological polar surface area (TPSA) is 17.8 Å². The molecule has 2 rings (SSSR count). The van der Waals surface area contributed by atoms with Crippen LogP contribution in [0.3, 0.4) is 0 Å². The number of rotatable bonds is 9. The number of nitrogens with zero attached hydrogens (tertiary/aromatic N) is 2. The first kappa shape index (κ1) is 16.5. The van der Waals surface area contributed by atoms with Crippen molar-refractivity contribution in [2.75, 3.05) is 0 Å². The van der Waals surface area contributed by atoms with Crippen LogP contribution in [0, 0.1) is 3.57 Å². The van der Waals surface area contributed by atoms with Gasteiger partial charge in [0.15, 0.2) is 0 Å². The number of unbranched alkanes of at least 4 members (excludes halogenated alkanes) is 6. The lowest BCUT2D eigenvalue weighted by Crippen LogP contribution is -2.00. The van der Waals surface area contributed by atoms with Gasteiger partial charge in [0.25, 0.3) is 0 Å². The molecule has 0 amide bonds. The van der Waals surface area contributed by atoms with Gasteiger partial charge in [-0.05, 0) is 41.1 Å². The van der Waals surface area contributed by atoms with Crippen molar-refractivity contribution in [1.82, 2.24) is 9.55 Å². The molecule has 0 aliphatic heterocycles. The molecule has 0 saturated heterocycles. The Kier molecular flexibility index (Phi) is 7.27. The van der Waals surface area contributed by atoms with Crippen LogP contribution in [0.2, 0.25) is 0 Å². The fourth-order valence-electron chi connectivity index (χ4n) is 2.62. The lowest BCUT2D eigenvalue weighted by atomic mass is 10.1. The summed E-state index contributed by atoms with van der Waals surface area (Å²) in [6, 6.07) is 8.56. The SMILES string of the molecule is CCCCCCCCCn1ccnc1-c1cccc(I)c1. The smallest absolute Gasteiger partial charge is 0.139 e. The van der Waals surface area contributed by atoms with E-state index in [1.165, 1.54) is 54.1 Å². The summed E-state index contributed by atoms with van der Waals surface area (Å²) in [5, 5.41) is 0. The Morgan fingerprint density at radius 2 is 1.81 bits per heavy atom. The molecule has 2 nitrogen and oxygen atoms in total. The molecule has 0 unspecified atom stereocenters. The number of benzene rings is 1. The minimum Gasteiger partial charge on any atom is -0.331 e. The van der Waals surface area contributed by atoms with Crippen molar-refractivity contribution in [3.63, 3.8) is 0 Å². The van der Waals surface area contributed by atoms with Crippen molar-refractivity contribution in [3.05, 3.63) is 40.2 Å². The first-order valence-electron chi connectivity index (χ1n) is 8.08. The van der Waals surface area contributed by atoms with Crippen molar-refractivity contribution >= 4 is 22.6 Å². The number of imidazole rings is 1. The third-order valence-electron chi connectivity index (χ3n) is 3.80. The molecule has 0 radical (unpaired) electrons. The molecule has 0 atom stereocenters. The van der Waals surface area contributed by atoms with Gasteiger partial charge in [0.05, 0.1) is 0 Å². The van der Waals surface area contributed by atoms with Crippen molar-refractivity contribution in [3.8, 4) is 11.4 Å². The Balaban J connectivity index is 1.81. The van der Waals surface area contributed by atoms with E-state index in [1.807, 2.05) is 6.20 Å². The van der Waals surface area contributed by atoms with Gasteiger partial charge in [0, 0.05) is 28.1 Å². The summed E-state index contributed by atoms with van der Waals surface area (Å²) in [5.74, 6) is 1.10. The van der Waals surface area contributed by atoms with Gasteiger partial charge in [0.1, 0.15) is 5.82 Å². The van der Waals surface area contributed by atoms with Gasteiger partial charge in [-0.1, -0.05) is 57.6 Å². The number of halogens is 1. The van der Waals surface area contributed by atoms with Gasteiger partial charge in [-0.3, -0.25) is 0 Å². The molecule has 0 aliphatic rings. The van der Waals surface area contributed by atoms with E-state index in [0.717, 1.165) is 12.4 Å². The summed E-state index contributed by atoms with van der Waals surface area (Å²) >= 11 is 2.36. The maximum Gasteiger partial charge on any atom is 0.139 e. The molecule has 21 heavy (non-hydrogen) atoms. The van der Waals surface area contributed by atoms with E-state index in [0.29, 0.717) is 0 Å². The molecule has 1 aromatic heterocycles. The van der Waals surface area contributed by atoms with Crippen LogP contribution in [0.25, 0.3) is 11.4 Å². The van der Waals surface area contributed by atoms with E-state index in [9.17, 15) is 0 Å². The monoisotopic (exact) mass is 396 g/mol. The van der Waals surface area contributed by atoms with E-state index in [-0.39, 0.29) is 0 Å². The van der Waals surface area contributed by atoms with Gasteiger partial charge in [0.2, 0.25) is 0 Å². The van der Waals surface area contributed by atoms with Crippen LogP contribution in [0.15, 0.2) is 36.7 Å². The summed E-state index contributed by atoms with van der Waals surface area (Å²) in [6.07, 6.45) is 13.5. The largest absolute Gasteiger partial charge is 0.331 e. The predicted octanol–water partition coefficient (Wildman–Crippen LogP) is 5.91. The molecule has 3 heteroatoms. The number of hydrogen-bond acceptors (Lipinski definition) is 1. The van der Waals surface area contributed by atoms with Crippen LogP contribution in [-0.2, 0) is 6.54 Å². The lowest BCUT2D eigenvalue weighted by molar-refractivity contribution is 0.552. The van der Waals surface area contributed by atoms with Crippen molar-refractivity contribution < 1.29 is 0 Å². The van der Waals surface area contributed by atoms with E-state index < -0.39 is 0 Å². The Morgan fingerprint density at radius 1 is 1.05 bits per heavy atom. The molecule has 1 aromatic carbocycles. The molecule has 114 valence electrons. The maximum atomic E-state index is 4.53. The second kappa shape index (κ2) is 9.23. The fraction of sp³-hybridized carbons (Fsp3) is 0.500. The molecule has 0 fully saturated rings. The van der Waals surface area contributed by atoms with Crippen molar-refractivity contribution in [2.24, 2.45) is 0 Å². The van der Waals surface area contributed by atoms with E-state index >= 15 is 0 Å². The van der Waals surface area contributed by atoms with Crippen LogP contribution in [0.5, 0.6) is 0 Å². The van der Waals surface area contributed by atoms with Crippen molar-refractivity contribution in [1.29, 1.82) is 0 Å². The van der Waals surface area contributed by atoms with Crippen LogP contribution >= 0.6 is 22.6 Å². The Labute approximate surface area is 142 Å². The summed E-state index contributed by atoms with van der Waals surface area (Å²) in [5.41, 5.74) is 1.22. The molecular weight excluding hydrogens is 371 g/mol. The quantitative estimate of drug-likeness (QED) is 0.381. The number of aryl methyl sites for hydroxylation is 1. The zero-order valence-corrected chi connectivity index (χ0v) is 15.1. The normalized spacial score (nSPS) is 11.0. The molecule has 0 aliphatic carbocycles. The standard InChI is InChI=1S/C18H25IN2/c1-2-3-4-5-6-7-8-13-21-14-12-20-18(21)16-10-9-11-17(19)15-16/h9-12,14-15H,2-8,13H2,1H3. The molecular formula is C18H25IN2. The molecule has 0 bridgehead atoms. The van der Waals surface area contributed by atoms with Gasteiger partial charge in [-0.15, -0.1) is 0 Å². The fourth-order valence-corrected chi connectivity index (χ4v) is 3.16. The highest BCUT2D eigenvalue weighted by atomic mass is 127. The zero-order valence-electron chi connectivity index (χ0n) is 12.9. The van der Waals surface area contributed by atoms with Crippen LogP contribution in [-0.4, -0.2) is 9.55 Å². The number of hydrogen-bond donors (Lipinski definition) is 0. The summed E-state index contributed by atoms with van der Waals surface area (Å²) in [6.45, 7) is 3.35. The molecule has 1 heterocycles. The molecule has 0 N–H and O–H groups in total. The van der Waals surface area contributed by atoms with Crippen LogP contribution < -0.4 is 0 Å². The second-order valence-electron chi connectivity index (χ2n) is 5.58. The second-order valence-corrected chi connectivity index (χ2v) is 6.82. The van der Waals surface area contributed by atoms with Crippen LogP contribution in [0.1, 0.15) is 51.9 Å². The minimum absolute atomic E-state index is 1.08. The van der Waals surface area contributed by atoms with E-state index in [1.54, 1.807) is 0 Å². The third kappa shape index (κ3) is 5.46. The average molecular weight is 396 g/mol. The van der Waals surface area contributed by atoms with Gasteiger partial charge < -0.3 is 4.57 Å². The molecule has 2 aromatic rings. The Hall–Kier alpha value is -0.840. The van der Waals surface area contributed by atoms with E-state index in [2.05, 4.69) is 69.5 Å². The highest BCUT2D eigenvalue weighted by Gasteiger charge is 2.05. The number of aromatic nitrogens is 2. The first-order chi connectivity index (χ1) is 10.3. The maximum absolute atomic E-state index is 4.53. The van der Waals surface area contributed by atoms with Gasteiger partial charge >= 0.3 is 0 Å². The average Bonchev–Trinajstić information content (AvgIpc) is 2.95. The van der Waals surface area contributed by atoms with Gasteiger partial charge in [-0.2, -0.15) is 0 Å². The highest BCUT2D eigenvalue weighted by Crippen LogP contribution is 2.20. The zero-order chi connectivity index (χ0) is 14.9. The predicted molar refractivity (Wildman–Crippen MR) is 98.4 cm³/mol. The Bertz CT molecular complexity index is 534. The first-order valence-corrected chi connectivity index (χ1v) is 9.16. The molecule has 0 saturated carbocycles. The lowest BCUT2D eigenvalue weighted by Gasteiger charge is -2.08. The minimum atomic E-state index is 1.08. The third-order valence-corrected chi connectivity index (χ3v) is 4.47. The summed E-state index contributed by atoms with van der Waals surface area (Å²) < 4.78 is 3.55. The molecule has 0 spiro atoms. The highest BCUT2D eigenvalue weighted by molar-refractivity contribution is 14.1. The summed E-state index contributed by atoms with van der Waals surface area (Å²) in [4.78, 5) is 4.53.